The van der Waals surface area contributed by atoms with E-state index in [-0.39, 0.29) is 17.0 Å². The Morgan fingerprint density at radius 1 is 1.29 bits per heavy atom. The summed E-state index contributed by atoms with van der Waals surface area (Å²) in [5.74, 6) is -1.03. The maximum atomic E-state index is 14.0. The Morgan fingerprint density at radius 3 is 2.35 bits per heavy atom. The Bertz CT molecular complexity index is 399. The molecule has 0 bridgehead atoms. The van der Waals surface area contributed by atoms with Crippen LogP contribution in [0, 0.1) is 17.0 Å². The van der Waals surface area contributed by atoms with Crippen molar-refractivity contribution in [2.75, 3.05) is 6.54 Å². The number of hydrogen-bond donors (Lipinski definition) is 1. The molecule has 1 rings (SSSR count). The zero-order valence-electron chi connectivity index (χ0n) is 10.6. The van der Waals surface area contributed by atoms with Crippen molar-refractivity contribution in [3.05, 3.63) is 33.8 Å². The lowest BCUT2D eigenvalue weighted by Gasteiger charge is -2.32. The van der Waals surface area contributed by atoms with Gasteiger partial charge in [-0.25, -0.2) is 8.78 Å². The van der Waals surface area contributed by atoms with Gasteiger partial charge in [-0.1, -0.05) is 27.7 Å². The Hall–Kier alpha value is -0.480. The van der Waals surface area contributed by atoms with Crippen LogP contribution in [0.15, 0.2) is 16.6 Å². The van der Waals surface area contributed by atoms with Gasteiger partial charge < -0.3 is 5.32 Å². The topological polar surface area (TPSA) is 12.0 Å². The molecular weight excluding hydrogens is 288 g/mol. The first kappa shape index (κ1) is 14.6. The maximum Gasteiger partial charge on any atom is 0.145 e. The second-order valence-corrected chi connectivity index (χ2v) is 5.97. The molecule has 1 N–H and O–H groups in total. The summed E-state index contributed by atoms with van der Waals surface area (Å²) in [6.07, 6.45) is 0. The van der Waals surface area contributed by atoms with Crippen molar-refractivity contribution in [1.82, 2.24) is 5.32 Å². The van der Waals surface area contributed by atoms with Crippen LogP contribution in [0.4, 0.5) is 8.78 Å². The maximum absolute atomic E-state index is 14.0. The second-order valence-electron chi connectivity index (χ2n) is 5.11. The molecule has 0 fully saturated rings. The molecule has 96 valence electrons. The molecule has 0 amide bonds. The monoisotopic (exact) mass is 305 g/mol. The lowest BCUT2D eigenvalue weighted by atomic mass is 9.82. The van der Waals surface area contributed by atoms with Crippen molar-refractivity contribution in [3.63, 3.8) is 0 Å². The Balaban J connectivity index is 3.32. The number of rotatable bonds is 3. The van der Waals surface area contributed by atoms with Crippen molar-refractivity contribution in [2.45, 2.75) is 33.7 Å². The number of benzene rings is 1. The molecule has 0 heterocycles. The van der Waals surface area contributed by atoms with Crippen LogP contribution in [0.2, 0.25) is 0 Å². The Morgan fingerprint density at radius 2 is 1.88 bits per heavy atom. The highest BCUT2D eigenvalue weighted by Crippen LogP contribution is 2.37. The van der Waals surface area contributed by atoms with Crippen molar-refractivity contribution in [3.8, 4) is 0 Å². The second kappa shape index (κ2) is 5.44. The molecule has 0 aromatic heterocycles. The van der Waals surface area contributed by atoms with E-state index in [2.05, 4.69) is 21.2 Å². The van der Waals surface area contributed by atoms with Crippen LogP contribution in [-0.2, 0) is 0 Å². The molecule has 0 saturated carbocycles. The van der Waals surface area contributed by atoms with Crippen LogP contribution in [0.5, 0.6) is 0 Å². The third-order valence-electron chi connectivity index (χ3n) is 2.64. The van der Waals surface area contributed by atoms with Crippen LogP contribution < -0.4 is 5.32 Å². The Labute approximate surface area is 110 Å². The van der Waals surface area contributed by atoms with Gasteiger partial charge >= 0.3 is 0 Å². The summed E-state index contributed by atoms with van der Waals surface area (Å²) < 4.78 is 28.2. The fraction of sp³-hybridized carbons (Fsp3) is 0.538. The van der Waals surface area contributed by atoms with Gasteiger partial charge in [0, 0.05) is 11.6 Å². The molecule has 0 radical (unpaired) electrons. The van der Waals surface area contributed by atoms with Crippen molar-refractivity contribution >= 4 is 15.9 Å². The molecule has 1 aromatic carbocycles. The summed E-state index contributed by atoms with van der Waals surface area (Å²) in [5, 5.41) is 3.15. The fourth-order valence-electron chi connectivity index (χ4n) is 1.85. The van der Waals surface area contributed by atoms with E-state index in [1.165, 1.54) is 12.1 Å². The summed E-state index contributed by atoms with van der Waals surface area (Å²) in [5.41, 5.74) is -0.160. The molecule has 1 atom stereocenters. The highest BCUT2D eigenvalue weighted by atomic mass is 79.9. The molecule has 1 nitrogen and oxygen atoms in total. The van der Waals surface area contributed by atoms with Crippen LogP contribution in [0.25, 0.3) is 0 Å². The normalized spacial score (nSPS) is 13.8. The first-order chi connectivity index (χ1) is 7.79. The van der Waals surface area contributed by atoms with E-state index < -0.39 is 11.6 Å². The van der Waals surface area contributed by atoms with E-state index in [1.54, 1.807) is 0 Å². The molecule has 0 aliphatic carbocycles. The molecule has 17 heavy (non-hydrogen) atoms. The highest BCUT2D eigenvalue weighted by Gasteiger charge is 2.31. The predicted octanol–water partition coefficient (Wildman–Crippen LogP) is 4.42. The molecule has 0 aliphatic rings. The van der Waals surface area contributed by atoms with E-state index >= 15 is 0 Å². The fourth-order valence-corrected chi connectivity index (χ4v) is 2.20. The summed E-state index contributed by atoms with van der Waals surface area (Å²) >= 11 is 3.10. The van der Waals surface area contributed by atoms with Gasteiger partial charge in [0.2, 0.25) is 0 Å². The molecule has 0 aliphatic heterocycles. The smallest absolute Gasteiger partial charge is 0.145 e. The van der Waals surface area contributed by atoms with Crippen molar-refractivity contribution < 1.29 is 8.78 Å². The SMILES string of the molecule is CCNC(c1c(F)ccc(Br)c1F)C(C)(C)C. The lowest BCUT2D eigenvalue weighted by Crippen LogP contribution is -2.33. The summed E-state index contributed by atoms with van der Waals surface area (Å²) in [4.78, 5) is 0. The zero-order valence-corrected chi connectivity index (χ0v) is 12.2. The van der Waals surface area contributed by atoms with Crippen LogP contribution in [0.3, 0.4) is 0 Å². The van der Waals surface area contributed by atoms with Crippen LogP contribution in [-0.4, -0.2) is 6.54 Å². The minimum atomic E-state index is -0.522. The first-order valence-electron chi connectivity index (χ1n) is 5.65. The predicted molar refractivity (Wildman–Crippen MR) is 69.9 cm³/mol. The molecule has 1 unspecified atom stereocenters. The van der Waals surface area contributed by atoms with Gasteiger partial charge in [0.15, 0.2) is 0 Å². The van der Waals surface area contributed by atoms with Crippen LogP contribution >= 0.6 is 15.9 Å². The van der Waals surface area contributed by atoms with E-state index in [0.29, 0.717) is 11.0 Å². The van der Waals surface area contributed by atoms with Gasteiger partial charge in [-0.05, 0) is 40.0 Å². The number of hydrogen-bond acceptors (Lipinski definition) is 1. The molecular formula is C13H18BrF2N. The van der Waals surface area contributed by atoms with Gasteiger partial charge in [-0.2, -0.15) is 0 Å². The van der Waals surface area contributed by atoms with Gasteiger partial charge in [0.05, 0.1) is 4.47 Å². The standard InChI is InChI=1S/C13H18BrF2N/c1-5-17-12(13(2,3)4)10-9(15)7-6-8(14)11(10)16/h6-7,12,17H,5H2,1-4H3. The average Bonchev–Trinajstić information content (AvgIpc) is 2.21. The van der Waals surface area contributed by atoms with Gasteiger partial charge in [0.25, 0.3) is 0 Å². The van der Waals surface area contributed by atoms with E-state index in [1.807, 2.05) is 27.7 Å². The average molecular weight is 306 g/mol. The highest BCUT2D eigenvalue weighted by molar-refractivity contribution is 9.10. The number of halogens is 3. The summed E-state index contributed by atoms with van der Waals surface area (Å²) in [6, 6.07) is 2.32. The quantitative estimate of drug-likeness (QED) is 0.815. The van der Waals surface area contributed by atoms with E-state index in [9.17, 15) is 8.78 Å². The molecule has 4 heteroatoms. The first-order valence-corrected chi connectivity index (χ1v) is 6.45. The molecule has 0 spiro atoms. The third kappa shape index (κ3) is 3.26. The summed E-state index contributed by atoms with van der Waals surface area (Å²) in [7, 11) is 0. The number of nitrogens with one attached hydrogen (secondary N) is 1. The van der Waals surface area contributed by atoms with E-state index in [0.717, 1.165) is 0 Å². The van der Waals surface area contributed by atoms with Crippen molar-refractivity contribution in [2.24, 2.45) is 5.41 Å². The minimum absolute atomic E-state index is 0.105. The Kier molecular flexibility index (Phi) is 4.67. The van der Waals surface area contributed by atoms with Gasteiger partial charge in [-0.3, -0.25) is 0 Å². The zero-order chi connectivity index (χ0) is 13.2. The molecule has 1 aromatic rings. The largest absolute Gasteiger partial charge is 0.310 e. The van der Waals surface area contributed by atoms with Gasteiger partial charge in [0.1, 0.15) is 11.6 Å². The van der Waals surface area contributed by atoms with Gasteiger partial charge in [-0.15, -0.1) is 0 Å². The van der Waals surface area contributed by atoms with Crippen molar-refractivity contribution in [1.29, 1.82) is 0 Å². The minimum Gasteiger partial charge on any atom is -0.310 e. The summed E-state index contributed by atoms with van der Waals surface area (Å²) in [6.45, 7) is 8.46. The molecule has 0 saturated heterocycles. The van der Waals surface area contributed by atoms with Crippen LogP contribution in [0.1, 0.15) is 39.3 Å². The third-order valence-corrected chi connectivity index (χ3v) is 3.25. The lowest BCUT2D eigenvalue weighted by molar-refractivity contribution is 0.262. The van der Waals surface area contributed by atoms with E-state index in [4.69, 9.17) is 0 Å².